The maximum absolute atomic E-state index is 5.01. The van der Waals surface area contributed by atoms with Crippen LogP contribution in [0.3, 0.4) is 0 Å². The van der Waals surface area contributed by atoms with Crippen molar-refractivity contribution in [3.63, 3.8) is 0 Å². The molecule has 2 N–H and O–H groups in total. The Kier molecular flexibility index (Phi) is 12.6. The van der Waals surface area contributed by atoms with Gasteiger partial charge in [-0.1, -0.05) is 13.3 Å². The van der Waals surface area contributed by atoms with Gasteiger partial charge in [0.2, 0.25) is 0 Å². The molecule has 0 radical (unpaired) electrons. The molecule has 0 aromatic heterocycles. The molecule has 6 heteroatoms. The fourth-order valence-corrected chi connectivity index (χ4v) is 2.63. The van der Waals surface area contributed by atoms with Gasteiger partial charge in [0.25, 0.3) is 0 Å². The van der Waals surface area contributed by atoms with Gasteiger partial charge >= 0.3 is 0 Å². The number of piperidine rings is 1. The Labute approximate surface area is 140 Å². The zero-order chi connectivity index (χ0) is 13.9. The van der Waals surface area contributed by atoms with Crippen LogP contribution in [-0.4, -0.2) is 63.8 Å². The van der Waals surface area contributed by atoms with E-state index in [4.69, 9.17) is 4.74 Å². The SMILES string of the molecule is CCC1CCCCN1CCNC(=NC)NCCOC.I. The van der Waals surface area contributed by atoms with Crippen molar-refractivity contribution in [1.29, 1.82) is 0 Å². The molecule has 20 heavy (non-hydrogen) atoms. The zero-order valence-electron chi connectivity index (χ0n) is 13.2. The zero-order valence-corrected chi connectivity index (χ0v) is 15.5. The third-order valence-electron chi connectivity index (χ3n) is 3.73. The molecule has 0 aliphatic carbocycles. The number of guanidine groups is 1. The molecule has 1 unspecified atom stereocenters. The number of halogens is 1. The minimum absolute atomic E-state index is 0. The molecule has 1 fully saturated rings. The Morgan fingerprint density at radius 2 is 2.05 bits per heavy atom. The van der Waals surface area contributed by atoms with E-state index in [1.165, 1.54) is 32.2 Å². The summed E-state index contributed by atoms with van der Waals surface area (Å²) in [5, 5.41) is 6.59. The third kappa shape index (κ3) is 7.64. The van der Waals surface area contributed by atoms with Gasteiger partial charge in [-0.3, -0.25) is 9.89 Å². The van der Waals surface area contributed by atoms with Gasteiger partial charge in [0, 0.05) is 39.8 Å². The van der Waals surface area contributed by atoms with E-state index < -0.39 is 0 Å². The number of hydrogen-bond donors (Lipinski definition) is 2. The van der Waals surface area contributed by atoms with E-state index >= 15 is 0 Å². The van der Waals surface area contributed by atoms with Crippen LogP contribution in [0.2, 0.25) is 0 Å². The summed E-state index contributed by atoms with van der Waals surface area (Å²) in [6.07, 6.45) is 5.36. The minimum atomic E-state index is 0. The van der Waals surface area contributed by atoms with Gasteiger partial charge in [0.05, 0.1) is 6.61 Å². The lowest BCUT2D eigenvalue weighted by Gasteiger charge is -2.35. The number of nitrogens with zero attached hydrogens (tertiary/aromatic N) is 2. The average molecular weight is 398 g/mol. The van der Waals surface area contributed by atoms with E-state index in [-0.39, 0.29) is 24.0 Å². The molecular formula is C14H31IN4O. The first kappa shape index (κ1) is 19.9. The predicted molar refractivity (Wildman–Crippen MR) is 96.2 cm³/mol. The van der Waals surface area contributed by atoms with Crippen molar-refractivity contribution in [2.45, 2.75) is 38.6 Å². The maximum atomic E-state index is 5.01. The van der Waals surface area contributed by atoms with Gasteiger partial charge in [0.1, 0.15) is 0 Å². The van der Waals surface area contributed by atoms with Crippen molar-refractivity contribution < 1.29 is 4.74 Å². The van der Waals surface area contributed by atoms with Crippen molar-refractivity contribution in [3.05, 3.63) is 0 Å². The van der Waals surface area contributed by atoms with E-state index in [1.807, 2.05) is 0 Å². The second kappa shape index (κ2) is 12.6. The molecule has 0 amide bonds. The first-order valence-electron chi connectivity index (χ1n) is 7.49. The highest BCUT2D eigenvalue weighted by atomic mass is 127. The third-order valence-corrected chi connectivity index (χ3v) is 3.73. The fourth-order valence-electron chi connectivity index (χ4n) is 2.63. The van der Waals surface area contributed by atoms with Gasteiger partial charge < -0.3 is 15.4 Å². The summed E-state index contributed by atoms with van der Waals surface area (Å²) in [5.41, 5.74) is 0. The fraction of sp³-hybridized carbons (Fsp3) is 0.929. The van der Waals surface area contributed by atoms with Gasteiger partial charge in [-0.25, -0.2) is 0 Å². The lowest BCUT2D eigenvalue weighted by atomic mass is 10.0. The molecule has 0 aromatic carbocycles. The summed E-state index contributed by atoms with van der Waals surface area (Å²) in [4.78, 5) is 6.81. The molecule has 0 spiro atoms. The van der Waals surface area contributed by atoms with Crippen LogP contribution in [0.4, 0.5) is 0 Å². The van der Waals surface area contributed by atoms with Crippen molar-refractivity contribution >= 4 is 29.9 Å². The van der Waals surface area contributed by atoms with Crippen LogP contribution in [0.1, 0.15) is 32.6 Å². The molecule has 1 atom stereocenters. The smallest absolute Gasteiger partial charge is 0.191 e. The highest BCUT2D eigenvalue weighted by Crippen LogP contribution is 2.18. The number of aliphatic imine (C=N–C) groups is 1. The topological polar surface area (TPSA) is 48.9 Å². The first-order chi connectivity index (χ1) is 9.31. The van der Waals surface area contributed by atoms with E-state index in [1.54, 1.807) is 14.2 Å². The number of nitrogens with one attached hydrogen (secondary N) is 2. The Morgan fingerprint density at radius 3 is 2.70 bits per heavy atom. The van der Waals surface area contributed by atoms with Crippen molar-refractivity contribution in [2.24, 2.45) is 4.99 Å². The summed E-state index contributed by atoms with van der Waals surface area (Å²) >= 11 is 0. The maximum Gasteiger partial charge on any atom is 0.191 e. The van der Waals surface area contributed by atoms with Crippen molar-refractivity contribution in [2.75, 3.05) is 46.9 Å². The number of likely N-dealkylation sites (tertiary alicyclic amines) is 1. The molecular weight excluding hydrogens is 367 g/mol. The van der Waals surface area contributed by atoms with E-state index in [9.17, 15) is 0 Å². The lowest BCUT2D eigenvalue weighted by molar-refractivity contribution is 0.147. The summed E-state index contributed by atoms with van der Waals surface area (Å²) in [6.45, 7) is 7.08. The molecule has 1 saturated heterocycles. The Bertz CT molecular complexity index is 264. The lowest BCUT2D eigenvalue weighted by Crippen LogP contribution is -2.46. The number of ether oxygens (including phenoxy) is 1. The monoisotopic (exact) mass is 398 g/mol. The van der Waals surface area contributed by atoms with Gasteiger partial charge in [0.15, 0.2) is 5.96 Å². The normalized spacial score (nSPS) is 20.4. The van der Waals surface area contributed by atoms with Gasteiger partial charge in [-0.2, -0.15) is 0 Å². The van der Waals surface area contributed by atoms with Crippen LogP contribution in [-0.2, 0) is 4.74 Å². The number of rotatable bonds is 7. The highest BCUT2D eigenvalue weighted by molar-refractivity contribution is 14.0. The van der Waals surface area contributed by atoms with E-state index in [2.05, 4.69) is 27.4 Å². The standard InChI is InChI=1S/C14H30N4O.HI/c1-4-13-7-5-6-10-18(13)11-8-16-14(15-2)17-9-12-19-3;/h13H,4-12H2,1-3H3,(H2,15,16,17);1H. The van der Waals surface area contributed by atoms with Crippen LogP contribution in [0.15, 0.2) is 4.99 Å². The highest BCUT2D eigenvalue weighted by Gasteiger charge is 2.19. The van der Waals surface area contributed by atoms with Crippen LogP contribution >= 0.6 is 24.0 Å². The quantitative estimate of drug-likeness (QED) is 0.297. The molecule has 120 valence electrons. The molecule has 1 aliphatic rings. The molecule has 0 aromatic rings. The van der Waals surface area contributed by atoms with Crippen LogP contribution in [0.5, 0.6) is 0 Å². The summed E-state index contributed by atoms with van der Waals surface area (Å²) in [7, 11) is 3.51. The summed E-state index contributed by atoms with van der Waals surface area (Å²) in [6, 6.07) is 0.777. The van der Waals surface area contributed by atoms with E-state index in [0.717, 1.165) is 31.6 Å². The minimum Gasteiger partial charge on any atom is -0.383 e. The Morgan fingerprint density at radius 1 is 1.30 bits per heavy atom. The molecule has 1 aliphatic heterocycles. The molecule has 5 nitrogen and oxygen atoms in total. The summed E-state index contributed by atoms with van der Waals surface area (Å²) < 4.78 is 5.01. The van der Waals surface area contributed by atoms with E-state index in [0.29, 0.717) is 6.61 Å². The largest absolute Gasteiger partial charge is 0.383 e. The molecule has 1 rings (SSSR count). The molecule has 1 heterocycles. The second-order valence-corrected chi connectivity index (χ2v) is 5.01. The average Bonchev–Trinajstić information content (AvgIpc) is 2.46. The second-order valence-electron chi connectivity index (χ2n) is 5.01. The Hall–Kier alpha value is -0.0800. The van der Waals surface area contributed by atoms with Crippen LogP contribution in [0.25, 0.3) is 0 Å². The predicted octanol–water partition coefficient (Wildman–Crippen LogP) is 1.68. The number of hydrogen-bond acceptors (Lipinski definition) is 3. The van der Waals surface area contributed by atoms with Gasteiger partial charge in [-0.15, -0.1) is 24.0 Å². The molecule has 0 saturated carbocycles. The summed E-state index contributed by atoms with van der Waals surface area (Å²) in [5.74, 6) is 0.863. The first-order valence-corrected chi connectivity index (χ1v) is 7.49. The Balaban J connectivity index is 0.00000361. The number of methoxy groups -OCH3 is 1. The van der Waals surface area contributed by atoms with Crippen molar-refractivity contribution in [3.8, 4) is 0 Å². The van der Waals surface area contributed by atoms with Crippen LogP contribution < -0.4 is 10.6 Å². The van der Waals surface area contributed by atoms with Crippen LogP contribution in [0, 0.1) is 0 Å². The van der Waals surface area contributed by atoms with Crippen molar-refractivity contribution in [1.82, 2.24) is 15.5 Å². The van der Waals surface area contributed by atoms with Gasteiger partial charge in [-0.05, 0) is 25.8 Å². The molecule has 0 bridgehead atoms.